The van der Waals surface area contributed by atoms with Gasteiger partial charge in [-0.2, -0.15) is 0 Å². The van der Waals surface area contributed by atoms with Crippen LogP contribution in [-0.4, -0.2) is 13.0 Å². The first kappa shape index (κ1) is 22.2. The minimum Gasteiger partial charge on any atom is -0.744 e. The quantitative estimate of drug-likeness (QED) is 0.384. The van der Waals surface area contributed by atoms with E-state index in [9.17, 15) is 13.0 Å². The molecule has 25 heavy (non-hydrogen) atoms. The zero-order valence-corrected chi connectivity index (χ0v) is 17.7. The number of para-hydroxylation sites is 1. The van der Waals surface area contributed by atoms with E-state index in [-0.39, 0.29) is 34.5 Å². The van der Waals surface area contributed by atoms with Gasteiger partial charge < -0.3 is 9.29 Å². The molecule has 0 aliphatic rings. The Balaban J connectivity index is 0.00000312. The molecule has 0 fully saturated rings. The molecular weight excluding hydrogens is 347 g/mol. The molecule has 0 bridgehead atoms. The first-order valence-corrected chi connectivity index (χ1v) is 9.73. The van der Waals surface area contributed by atoms with Crippen molar-refractivity contribution < 1.29 is 47.3 Å². The Morgan fingerprint density at radius 2 is 1.64 bits per heavy atom. The summed E-state index contributed by atoms with van der Waals surface area (Å²) in [5.74, 6) is 1.05. The third-order valence-electron chi connectivity index (χ3n) is 3.85. The van der Waals surface area contributed by atoms with Gasteiger partial charge in [-0.25, -0.2) is 8.42 Å². The number of ether oxygens (including phenoxy) is 1. The molecule has 0 N–H and O–H groups in total. The van der Waals surface area contributed by atoms with Gasteiger partial charge in [-0.15, -0.1) is 0 Å². The smallest absolute Gasteiger partial charge is 0.744 e. The fraction of sp³-hybridized carbons (Fsp3) is 0.368. The number of hydrogen-bond donors (Lipinski definition) is 0. The van der Waals surface area contributed by atoms with Gasteiger partial charge in [0.25, 0.3) is 0 Å². The Hall–Kier alpha value is -0.850. The van der Waals surface area contributed by atoms with Crippen molar-refractivity contribution in [1.82, 2.24) is 0 Å². The molecule has 6 heteroatoms. The Morgan fingerprint density at radius 1 is 0.960 bits per heavy atom. The van der Waals surface area contributed by atoms with Gasteiger partial charge >= 0.3 is 29.6 Å². The largest absolute Gasteiger partial charge is 1.00 e. The van der Waals surface area contributed by atoms with Crippen LogP contribution < -0.4 is 34.3 Å². The van der Waals surface area contributed by atoms with Crippen molar-refractivity contribution in [3.05, 3.63) is 54.1 Å². The van der Waals surface area contributed by atoms with Gasteiger partial charge in [-0.3, -0.25) is 0 Å². The van der Waals surface area contributed by atoms with Crippen LogP contribution in [0.1, 0.15) is 44.6 Å². The van der Waals surface area contributed by atoms with E-state index in [1.807, 2.05) is 18.2 Å². The van der Waals surface area contributed by atoms with Crippen molar-refractivity contribution in [2.45, 2.75) is 50.3 Å². The Morgan fingerprint density at radius 3 is 2.28 bits per heavy atom. The monoisotopic (exact) mass is 370 g/mol. The first-order chi connectivity index (χ1) is 11.5. The van der Waals surface area contributed by atoms with Crippen LogP contribution >= 0.6 is 0 Å². The van der Waals surface area contributed by atoms with Crippen molar-refractivity contribution >= 4 is 10.1 Å². The van der Waals surface area contributed by atoms with E-state index in [2.05, 4.69) is 6.92 Å². The minimum atomic E-state index is -4.50. The molecule has 4 nitrogen and oxygen atoms in total. The summed E-state index contributed by atoms with van der Waals surface area (Å²) >= 11 is 0. The fourth-order valence-corrected chi connectivity index (χ4v) is 3.01. The van der Waals surface area contributed by atoms with E-state index in [1.54, 1.807) is 18.2 Å². The number of unbranched alkanes of at least 4 members (excludes halogenated alkanes) is 4. The number of aryl methyl sites for hydroxylation is 1. The summed E-state index contributed by atoms with van der Waals surface area (Å²) in [4.78, 5) is -0.261. The molecule has 0 heterocycles. The molecule has 0 unspecified atom stereocenters. The number of benzene rings is 2. The van der Waals surface area contributed by atoms with Crippen molar-refractivity contribution in [3.63, 3.8) is 0 Å². The van der Waals surface area contributed by atoms with Crippen molar-refractivity contribution in [3.8, 4) is 11.5 Å². The molecule has 0 aromatic heterocycles. The molecular formula is C19H23NaO4S. The summed E-state index contributed by atoms with van der Waals surface area (Å²) in [6, 6.07) is 13.5. The molecule has 0 saturated heterocycles. The van der Waals surface area contributed by atoms with Gasteiger partial charge in [0.05, 0.1) is 4.90 Å². The van der Waals surface area contributed by atoms with Gasteiger partial charge in [0.2, 0.25) is 0 Å². The number of rotatable bonds is 9. The Labute approximate surface area is 172 Å². The van der Waals surface area contributed by atoms with Crippen LogP contribution in [0, 0.1) is 0 Å². The van der Waals surface area contributed by atoms with Crippen molar-refractivity contribution in [1.29, 1.82) is 0 Å². The topological polar surface area (TPSA) is 66.4 Å². The summed E-state index contributed by atoms with van der Waals surface area (Å²) in [5, 5.41) is 0. The molecule has 0 spiro atoms. The molecule has 0 atom stereocenters. The summed E-state index contributed by atoms with van der Waals surface area (Å²) in [5.41, 5.74) is 0.919. The molecule has 130 valence electrons. The van der Waals surface area contributed by atoms with Gasteiger partial charge in [0, 0.05) is 0 Å². The second-order valence-corrected chi connectivity index (χ2v) is 7.18. The van der Waals surface area contributed by atoms with Crippen LogP contribution in [0.25, 0.3) is 0 Å². The molecule has 0 amide bonds. The fourth-order valence-electron chi connectivity index (χ4n) is 2.53. The predicted molar refractivity (Wildman–Crippen MR) is 93.4 cm³/mol. The Bertz CT molecular complexity index is 745. The van der Waals surface area contributed by atoms with Gasteiger partial charge in [0.15, 0.2) is 0 Å². The number of hydrogen-bond acceptors (Lipinski definition) is 4. The average Bonchev–Trinajstić information content (AvgIpc) is 2.56. The van der Waals surface area contributed by atoms with E-state index < -0.39 is 10.1 Å². The minimum absolute atomic E-state index is 0. The summed E-state index contributed by atoms with van der Waals surface area (Å²) in [7, 11) is -4.50. The van der Waals surface area contributed by atoms with Crippen LogP contribution in [0.5, 0.6) is 11.5 Å². The average molecular weight is 370 g/mol. The normalized spacial score (nSPS) is 11.0. The van der Waals surface area contributed by atoms with E-state index in [4.69, 9.17) is 4.74 Å². The maximum Gasteiger partial charge on any atom is 1.00 e. The third-order valence-corrected chi connectivity index (χ3v) is 4.68. The van der Waals surface area contributed by atoms with E-state index in [0.29, 0.717) is 11.5 Å². The molecule has 0 aliphatic heterocycles. The molecule has 0 aliphatic carbocycles. The standard InChI is InChI=1S/C19H24O4S.Na/c1-2-3-4-5-7-10-16-13-14-18(24(20,21)22)15-19(16)23-17-11-8-6-9-12-17;/h6,8-9,11-15H,2-5,7,10H2,1H3,(H,20,21,22);/q;+1/p-1. The molecule has 2 rings (SSSR count). The second-order valence-electron chi connectivity index (χ2n) is 5.80. The Kier molecular flexibility index (Phi) is 9.75. The first-order valence-electron chi connectivity index (χ1n) is 8.32. The van der Waals surface area contributed by atoms with Crippen molar-refractivity contribution in [2.24, 2.45) is 0 Å². The van der Waals surface area contributed by atoms with Gasteiger partial charge in [0.1, 0.15) is 21.6 Å². The molecule has 0 radical (unpaired) electrons. The predicted octanol–water partition coefficient (Wildman–Crippen LogP) is 1.90. The zero-order chi connectivity index (χ0) is 17.4. The van der Waals surface area contributed by atoms with Crippen LogP contribution in [0.2, 0.25) is 0 Å². The van der Waals surface area contributed by atoms with E-state index in [1.165, 1.54) is 31.4 Å². The molecule has 2 aromatic rings. The second kappa shape index (κ2) is 11.0. The summed E-state index contributed by atoms with van der Waals surface area (Å²) in [6.45, 7) is 2.17. The molecule has 2 aromatic carbocycles. The van der Waals surface area contributed by atoms with E-state index in [0.717, 1.165) is 24.8 Å². The van der Waals surface area contributed by atoms with E-state index >= 15 is 0 Å². The summed E-state index contributed by atoms with van der Waals surface area (Å²) < 4.78 is 39.6. The SMILES string of the molecule is CCCCCCCc1ccc(S(=O)(=O)[O-])cc1Oc1ccccc1.[Na+]. The summed E-state index contributed by atoms with van der Waals surface area (Å²) in [6.07, 6.45) is 6.54. The maximum absolute atomic E-state index is 11.3. The van der Waals surface area contributed by atoms with Gasteiger partial charge in [-0.1, -0.05) is 56.9 Å². The molecule has 0 saturated carbocycles. The maximum atomic E-state index is 11.3. The van der Waals surface area contributed by atoms with Crippen LogP contribution in [0.3, 0.4) is 0 Å². The zero-order valence-electron chi connectivity index (χ0n) is 14.9. The van der Waals surface area contributed by atoms with Crippen LogP contribution in [0.4, 0.5) is 0 Å². The van der Waals surface area contributed by atoms with Gasteiger partial charge in [-0.05, 0) is 42.7 Å². The van der Waals surface area contributed by atoms with Crippen molar-refractivity contribution in [2.75, 3.05) is 0 Å². The third kappa shape index (κ3) is 7.50. The van der Waals surface area contributed by atoms with Crippen LogP contribution in [0.15, 0.2) is 53.4 Å². The van der Waals surface area contributed by atoms with Crippen LogP contribution in [-0.2, 0) is 16.5 Å².